The highest BCUT2D eigenvalue weighted by Crippen LogP contribution is 2.23. The van der Waals surface area contributed by atoms with Crippen molar-refractivity contribution in [3.8, 4) is 5.75 Å². The Kier molecular flexibility index (Phi) is 5.11. The zero-order valence-corrected chi connectivity index (χ0v) is 12.8. The van der Waals surface area contributed by atoms with Crippen molar-refractivity contribution in [3.63, 3.8) is 0 Å². The lowest BCUT2D eigenvalue weighted by atomic mass is 10.1. The Morgan fingerprint density at radius 2 is 2.05 bits per heavy atom. The third kappa shape index (κ3) is 3.56. The number of thiazole rings is 1. The van der Waals surface area contributed by atoms with E-state index in [1.54, 1.807) is 7.11 Å². The summed E-state index contributed by atoms with van der Waals surface area (Å²) in [5.41, 5.74) is 3.12. The van der Waals surface area contributed by atoms with Gasteiger partial charge in [-0.25, -0.2) is 4.98 Å². The van der Waals surface area contributed by atoms with E-state index in [-0.39, 0.29) is 6.61 Å². The molecule has 4 nitrogen and oxygen atoms in total. The fourth-order valence-electron chi connectivity index (χ4n) is 1.97. The predicted molar refractivity (Wildman–Crippen MR) is 79.0 cm³/mol. The van der Waals surface area contributed by atoms with E-state index < -0.39 is 0 Å². The molecule has 0 bridgehead atoms. The molecule has 108 valence electrons. The third-order valence-electron chi connectivity index (χ3n) is 2.93. The van der Waals surface area contributed by atoms with Crippen LogP contribution < -0.4 is 4.74 Å². The number of methoxy groups -OCH3 is 1. The van der Waals surface area contributed by atoms with Crippen LogP contribution in [-0.4, -0.2) is 17.2 Å². The van der Waals surface area contributed by atoms with Crippen molar-refractivity contribution in [3.05, 3.63) is 44.9 Å². The third-order valence-corrected chi connectivity index (χ3v) is 3.98. The van der Waals surface area contributed by atoms with Gasteiger partial charge >= 0.3 is 0 Å². The minimum atomic E-state index is -0.0140. The molecule has 2 aromatic rings. The topological polar surface area (TPSA) is 51.6 Å². The summed E-state index contributed by atoms with van der Waals surface area (Å²) in [7, 11) is 1.62. The molecular weight excluding hydrogens is 274 g/mol. The Morgan fingerprint density at radius 3 is 2.70 bits per heavy atom. The molecule has 0 radical (unpaired) electrons. The fraction of sp³-hybridized carbons (Fsp3) is 0.400. The summed E-state index contributed by atoms with van der Waals surface area (Å²) in [6.45, 7) is 4.89. The summed E-state index contributed by atoms with van der Waals surface area (Å²) in [5, 5.41) is 10.1. The Labute approximate surface area is 123 Å². The van der Waals surface area contributed by atoms with E-state index in [0.717, 1.165) is 26.9 Å². The number of rotatable bonds is 6. The molecule has 0 atom stereocenters. The van der Waals surface area contributed by atoms with E-state index >= 15 is 0 Å². The van der Waals surface area contributed by atoms with Gasteiger partial charge in [-0.3, -0.25) is 0 Å². The molecule has 0 saturated carbocycles. The molecule has 0 fully saturated rings. The first-order valence-corrected chi connectivity index (χ1v) is 7.23. The van der Waals surface area contributed by atoms with Gasteiger partial charge in [0.2, 0.25) is 0 Å². The maximum atomic E-state index is 9.29. The SMILES string of the molecule is COCc1nc(COc2ccc(C)cc2C)sc1CO. The normalized spacial score (nSPS) is 10.8. The van der Waals surface area contributed by atoms with Crippen molar-refractivity contribution in [1.82, 2.24) is 4.98 Å². The lowest BCUT2D eigenvalue weighted by molar-refractivity contribution is 0.178. The zero-order valence-electron chi connectivity index (χ0n) is 12.0. The number of benzene rings is 1. The highest BCUT2D eigenvalue weighted by molar-refractivity contribution is 7.11. The molecule has 0 unspecified atom stereocenters. The first-order chi connectivity index (χ1) is 9.63. The predicted octanol–water partition coefficient (Wildman–Crippen LogP) is 2.98. The number of aliphatic hydroxyl groups excluding tert-OH is 1. The van der Waals surface area contributed by atoms with Crippen LogP contribution in [0.25, 0.3) is 0 Å². The van der Waals surface area contributed by atoms with Crippen molar-refractivity contribution in [2.75, 3.05) is 7.11 Å². The molecule has 0 aliphatic carbocycles. The summed E-state index contributed by atoms with van der Waals surface area (Å²) < 4.78 is 10.9. The van der Waals surface area contributed by atoms with Gasteiger partial charge in [0.25, 0.3) is 0 Å². The van der Waals surface area contributed by atoms with Gasteiger partial charge in [0.1, 0.15) is 17.4 Å². The van der Waals surface area contributed by atoms with E-state index in [1.165, 1.54) is 16.9 Å². The monoisotopic (exact) mass is 293 g/mol. The van der Waals surface area contributed by atoms with Gasteiger partial charge in [-0.05, 0) is 25.5 Å². The average Bonchev–Trinajstić information content (AvgIpc) is 2.80. The molecule has 0 saturated heterocycles. The Bertz CT molecular complexity index is 580. The van der Waals surface area contributed by atoms with E-state index in [9.17, 15) is 5.11 Å². The van der Waals surface area contributed by atoms with Gasteiger partial charge in [-0.15, -0.1) is 11.3 Å². The number of ether oxygens (including phenoxy) is 2. The molecule has 0 spiro atoms. The second-order valence-corrected chi connectivity index (χ2v) is 5.79. The largest absolute Gasteiger partial charge is 0.486 e. The second-order valence-electron chi connectivity index (χ2n) is 4.63. The van der Waals surface area contributed by atoms with E-state index in [2.05, 4.69) is 18.0 Å². The lowest BCUT2D eigenvalue weighted by Crippen LogP contribution is -1.98. The molecule has 0 aliphatic rings. The quantitative estimate of drug-likeness (QED) is 0.889. The van der Waals surface area contributed by atoms with Crippen molar-refractivity contribution in [2.45, 2.75) is 33.7 Å². The summed E-state index contributed by atoms with van der Waals surface area (Å²) in [5.74, 6) is 0.865. The van der Waals surface area contributed by atoms with E-state index in [0.29, 0.717) is 13.2 Å². The van der Waals surface area contributed by atoms with Crippen LogP contribution in [0, 0.1) is 13.8 Å². The van der Waals surface area contributed by atoms with Gasteiger partial charge in [0, 0.05) is 7.11 Å². The smallest absolute Gasteiger partial charge is 0.140 e. The number of aliphatic hydroxyl groups is 1. The van der Waals surface area contributed by atoms with Crippen LogP contribution in [0.4, 0.5) is 0 Å². The van der Waals surface area contributed by atoms with Gasteiger partial charge < -0.3 is 14.6 Å². The van der Waals surface area contributed by atoms with Gasteiger partial charge in [-0.1, -0.05) is 17.7 Å². The van der Waals surface area contributed by atoms with E-state index in [1.807, 2.05) is 19.1 Å². The van der Waals surface area contributed by atoms with Gasteiger partial charge in [0.15, 0.2) is 0 Å². The lowest BCUT2D eigenvalue weighted by Gasteiger charge is -2.08. The Balaban J connectivity index is 2.06. The highest BCUT2D eigenvalue weighted by Gasteiger charge is 2.11. The van der Waals surface area contributed by atoms with Crippen LogP contribution in [0.1, 0.15) is 26.7 Å². The fourth-order valence-corrected chi connectivity index (χ4v) is 2.82. The summed E-state index contributed by atoms with van der Waals surface area (Å²) in [6, 6.07) is 6.09. The molecule has 1 aromatic carbocycles. The maximum absolute atomic E-state index is 9.29. The summed E-state index contributed by atoms with van der Waals surface area (Å²) >= 11 is 1.46. The van der Waals surface area contributed by atoms with Crippen LogP contribution >= 0.6 is 11.3 Å². The zero-order chi connectivity index (χ0) is 14.5. The molecule has 1 aromatic heterocycles. The van der Waals surface area contributed by atoms with Gasteiger partial charge in [0.05, 0.1) is 23.8 Å². The maximum Gasteiger partial charge on any atom is 0.140 e. The first kappa shape index (κ1) is 15.0. The van der Waals surface area contributed by atoms with Crippen molar-refractivity contribution >= 4 is 11.3 Å². The minimum absolute atomic E-state index is 0.0140. The molecule has 1 heterocycles. The van der Waals surface area contributed by atoms with Crippen LogP contribution in [0.3, 0.4) is 0 Å². The number of aromatic nitrogens is 1. The summed E-state index contributed by atoms with van der Waals surface area (Å²) in [4.78, 5) is 5.28. The molecule has 1 N–H and O–H groups in total. The number of hydrogen-bond donors (Lipinski definition) is 1. The van der Waals surface area contributed by atoms with Gasteiger partial charge in [-0.2, -0.15) is 0 Å². The van der Waals surface area contributed by atoms with Crippen LogP contribution in [0.2, 0.25) is 0 Å². The molecule has 5 heteroatoms. The van der Waals surface area contributed by atoms with Crippen LogP contribution in [0.5, 0.6) is 5.75 Å². The Morgan fingerprint density at radius 1 is 1.25 bits per heavy atom. The molecule has 0 amide bonds. The van der Waals surface area contributed by atoms with Crippen molar-refractivity contribution in [1.29, 1.82) is 0 Å². The minimum Gasteiger partial charge on any atom is -0.486 e. The standard InChI is InChI=1S/C15H19NO3S/c1-10-4-5-13(11(2)6-10)19-9-15-16-12(8-18-3)14(7-17)20-15/h4-6,17H,7-9H2,1-3H3. The molecule has 20 heavy (non-hydrogen) atoms. The van der Waals surface area contributed by atoms with Crippen molar-refractivity contribution in [2.24, 2.45) is 0 Å². The second kappa shape index (κ2) is 6.83. The molecule has 0 aliphatic heterocycles. The number of nitrogens with zero attached hydrogens (tertiary/aromatic N) is 1. The number of aryl methyl sites for hydroxylation is 2. The summed E-state index contributed by atoms with van der Waals surface area (Å²) in [6.07, 6.45) is 0. The molecular formula is C15H19NO3S. The highest BCUT2D eigenvalue weighted by atomic mass is 32.1. The van der Waals surface area contributed by atoms with E-state index in [4.69, 9.17) is 9.47 Å². The van der Waals surface area contributed by atoms with Crippen molar-refractivity contribution < 1.29 is 14.6 Å². The van der Waals surface area contributed by atoms with Crippen LogP contribution in [0.15, 0.2) is 18.2 Å². The Hall–Kier alpha value is -1.43. The first-order valence-electron chi connectivity index (χ1n) is 6.41. The number of hydrogen-bond acceptors (Lipinski definition) is 5. The van der Waals surface area contributed by atoms with Crippen LogP contribution in [-0.2, 0) is 24.6 Å². The average molecular weight is 293 g/mol. The molecule has 2 rings (SSSR count).